The van der Waals surface area contributed by atoms with Gasteiger partial charge in [-0.2, -0.15) is 0 Å². The number of allylic oxidation sites excluding steroid dienone is 2. The monoisotopic (exact) mass is 978 g/mol. The molecule has 2 aliphatic heterocycles. The number of carbonyl (C=O) groups excluding carboxylic acids is 9. The van der Waals surface area contributed by atoms with Gasteiger partial charge in [0.05, 0.1) is 47.7 Å². The Morgan fingerprint density at radius 2 is 1.15 bits per heavy atom. The van der Waals surface area contributed by atoms with Crippen molar-refractivity contribution in [1.29, 1.82) is 0 Å². The number of nitrogens with one attached hydrogen (secondary N) is 4. The number of carbonyl (C=O) groups is 9. The maximum Gasteiger partial charge on any atom is 0.414 e. The fourth-order valence-corrected chi connectivity index (χ4v) is 9.43. The van der Waals surface area contributed by atoms with Crippen LogP contribution in [-0.2, 0) is 57.6 Å². The van der Waals surface area contributed by atoms with E-state index in [2.05, 4.69) is 31.2 Å². The Kier molecular flexibility index (Phi) is 15.8. The highest BCUT2D eigenvalue weighted by molar-refractivity contribution is 7.10. The molecule has 4 aliphatic rings. The first kappa shape index (κ1) is 51.6. The van der Waals surface area contributed by atoms with Crippen LogP contribution < -0.4 is 21.3 Å². The lowest BCUT2D eigenvalue weighted by Crippen LogP contribution is -2.45. The van der Waals surface area contributed by atoms with Gasteiger partial charge in [0.2, 0.25) is 29.4 Å². The predicted molar refractivity (Wildman–Crippen MR) is 250 cm³/mol. The number of likely N-dealkylation sites (tertiary alicyclic amines) is 2. The number of rotatable bonds is 18. The van der Waals surface area contributed by atoms with Gasteiger partial charge in [0, 0.05) is 52.8 Å². The van der Waals surface area contributed by atoms with E-state index in [9.17, 15) is 43.2 Å². The molecule has 2 saturated heterocycles. The number of Topliss-reactive ketones (excluding diaryl/α,β-unsaturated/α-hetero) is 3. The van der Waals surface area contributed by atoms with Crippen molar-refractivity contribution in [1.82, 2.24) is 41.0 Å². The van der Waals surface area contributed by atoms with Gasteiger partial charge >= 0.3 is 12.2 Å². The van der Waals surface area contributed by atoms with Crippen LogP contribution >= 0.6 is 22.7 Å². The van der Waals surface area contributed by atoms with Crippen molar-refractivity contribution in [3.63, 3.8) is 0 Å². The van der Waals surface area contributed by atoms with E-state index >= 15 is 0 Å². The van der Waals surface area contributed by atoms with Crippen molar-refractivity contribution < 1.29 is 52.6 Å². The molecule has 4 fully saturated rings. The molecule has 2 aromatic heterocycles. The minimum Gasteiger partial charge on any atom is -0.443 e. The summed E-state index contributed by atoms with van der Waals surface area (Å²) in [5, 5.41) is 15.5. The normalized spacial score (nSPS) is 20.4. The number of aryl methyl sites for hydroxylation is 2. The third-order valence-electron chi connectivity index (χ3n) is 11.8. The number of nitrogens with zero attached hydrogens (tertiary/aromatic N) is 4. The van der Waals surface area contributed by atoms with Crippen LogP contribution in [-0.4, -0.2) is 114 Å². The standard InChI is InChI=1S/C47H62N8O11S2/c1-27-9-12-30(54(27)42(63)65-44(3,4)5)19-38(61)52-46(15-16-46)34(57)21-36(59)48-23-33(56)32-26-68-40(51-32)14-11-29-25-67-41(50-29)24-49-37(60)22-35(58)47(17-18-47)53-39(62)20-31-13-10-28(2)55(31)43(64)66-45(6,7)8/h19-20,25-28H,9-18,21-24H2,1-8H3,(H,48,59)(H,49,60)(H,52,61)(H,53,62)/b30-19+,31-20+/t27-,28-/m0/s1. The van der Waals surface area contributed by atoms with E-state index in [0.717, 1.165) is 5.69 Å². The molecule has 4 heterocycles. The summed E-state index contributed by atoms with van der Waals surface area (Å²) in [5.41, 5.74) is -1.78. The summed E-state index contributed by atoms with van der Waals surface area (Å²) in [5.74, 6) is -3.50. The topological polar surface area (TPSA) is 252 Å². The van der Waals surface area contributed by atoms with Gasteiger partial charge in [-0.15, -0.1) is 22.7 Å². The first-order chi connectivity index (χ1) is 31.8. The minimum atomic E-state index is -1.18. The average molecular weight is 979 g/mol. The molecule has 19 nitrogen and oxygen atoms in total. The zero-order valence-electron chi connectivity index (χ0n) is 40.0. The SMILES string of the molecule is C[C@H]1CC/C(=C\C(=O)NC2(C(=O)CC(=O)NCC(=O)c3csc(CCc4csc(CNC(=O)CC(=O)C5(NC(=O)/C=C6\CC[C@H](C)N6C(=O)OC(C)(C)C)CC5)n4)n3)CC2)N1C(=O)OC(C)(C)C. The van der Waals surface area contributed by atoms with Crippen LogP contribution in [0, 0.1) is 0 Å². The van der Waals surface area contributed by atoms with E-state index < -0.39 is 88.3 Å². The van der Waals surface area contributed by atoms with E-state index in [1.54, 1.807) is 46.9 Å². The van der Waals surface area contributed by atoms with Gasteiger partial charge in [-0.1, -0.05) is 0 Å². The first-order valence-electron chi connectivity index (χ1n) is 22.9. The Hall–Kier alpha value is -5.83. The molecular weight excluding hydrogens is 917 g/mol. The molecule has 0 spiro atoms. The number of ketones is 3. The van der Waals surface area contributed by atoms with Crippen LogP contribution in [0.3, 0.4) is 0 Å². The van der Waals surface area contributed by atoms with Crippen LogP contribution in [0.2, 0.25) is 0 Å². The molecule has 0 unspecified atom stereocenters. The first-order valence-corrected chi connectivity index (χ1v) is 24.7. The quantitative estimate of drug-likeness (QED) is 0.0861. The summed E-state index contributed by atoms with van der Waals surface area (Å²) in [7, 11) is 0. The van der Waals surface area contributed by atoms with Crippen molar-refractivity contribution >= 4 is 75.8 Å². The Balaban J connectivity index is 0.885. The Bertz CT molecular complexity index is 2400. The molecule has 0 bridgehead atoms. The van der Waals surface area contributed by atoms with E-state index in [-0.39, 0.29) is 30.9 Å². The van der Waals surface area contributed by atoms with Crippen LogP contribution in [0.25, 0.3) is 0 Å². The van der Waals surface area contributed by atoms with Gasteiger partial charge in [-0.05, 0) is 113 Å². The number of hydrogen-bond donors (Lipinski definition) is 4. The van der Waals surface area contributed by atoms with E-state index in [0.29, 0.717) is 85.6 Å². The number of ether oxygens (including phenoxy) is 2. The van der Waals surface area contributed by atoms with Crippen molar-refractivity contribution in [2.45, 2.75) is 173 Å². The summed E-state index contributed by atoms with van der Waals surface area (Å²) >= 11 is 2.63. The third-order valence-corrected chi connectivity index (χ3v) is 13.6. The maximum atomic E-state index is 13.2. The van der Waals surface area contributed by atoms with Gasteiger partial charge < -0.3 is 30.7 Å². The fourth-order valence-electron chi connectivity index (χ4n) is 7.85. The highest BCUT2D eigenvalue weighted by atomic mass is 32.1. The second-order valence-corrected chi connectivity index (χ2v) is 21.8. The highest BCUT2D eigenvalue weighted by Gasteiger charge is 2.52. The van der Waals surface area contributed by atoms with Crippen molar-refractivity contribution in [3.05, 3.63) is 55.7 Å². The third kappa shape index (κ3) is 13.9. The molecule has 0 radical (unpaired) electrons. The lowest BCUT2D eigenvalue weighted by Gasteiger charge is -2.28. The lowest BCUT2D eigenvalue weighted by molar-refractivity contribution is -0.132. The van der Waals surface area contributed by atoms with Crippen molar-refractivity contribution in [2.75, 3.05) is 6.54 Å². The molecule has 0 aromatic carbocycles. The van der Waals surface area contributed by atoms with Gasteiger partial charge in [0.15, 0.2) is 11.6 Å². The smallest absolute Gasteiger partial charge is 0.414 e. The van der Waals surface area contributed by atoms with Crippen molar-refractivity contribution in [3.8, 4) is 0 Å². The minimum absolute atomic E-state index is 0.109. The lowest BCUT2D eigenvalue weighted by atomic mass is 10.1. The molecule has 4 N–H and O–H groups in total. The molecule has 2 atom stereocenters. The largest absolute Gasteiger partial charge is 0.443 e. The summed E-state index contributed by atoms with van der Waals surface area (Å²) < 4.78 is 11.0. The van der Waals surface area contributed by atoms with E-state index in [1.165, 1.54) is 44.6 Å². The molecule has 2 aliphatic carbocycles. The molecule has 2 saturated carbocycles. The van der Waals surface area contributed by atoms with E-state index in [1.807, 2.05) is 19.2 Å². The number of thiazole rings is 2. The van der Waals surface area contributed by atoms with Crippen LogP contribution in [0.1, 0.15) is 146 Å². The zero-order valence-corrected chi connectivity index (χ0v) is 41.6. The highest BCUT2D eigenvalue weighted by Crippen LogP contribution is 2.39. The molecule has 6 amide bonds. The molecule has 68 heavy (non-hydrogen) atoms. The maximum absolute atomic E-state index is 13.2. The molecular formula is C47H62N8O11S2. The second-order valence-electron chi connectivity index (χ2n) is 19.9. The van der Waals surface area contributed by atoms with Gasteiger partial charge in [0.1, 0.15) is 21.9 Å². The zero-order chi connectivity index (χ0) is 49.8. The number of aromatic nitrogens is 2. The van der Waals surface area contributed by atoms with Crippen LogP contribution in [0.5, 0.6) is 0 Å². The van der Waals surface area contributed by atoms with Crippen LogP contribution in [0.4, 0.5) is 9.59 Å². The fraction of sp³-hybridized carbons (Fsp3) is 0.596. The van der Waals surface area contributed by atoms with Crippen molar-refractivity contribution in [2.24, 2.45) is 0 Å². The number of amides is 6. The van der Waals surface area contributed by atoms with Gasteiger partial charge in [0.25, 0.3) is 0 Å². The van der Waals surface area contributed by atoms with Gasteiger partial charge in [-0.3, -0.25) is 43.4 Å². The second kappa shape index (κ2) is 20.8. The Morgan fingerprint density at radius 3 is 1.62 bits per heavy atom. The summed E-state index contributed by atoms with van der Waals surface area (Å²) in [6.45, 7) is 14.1. The predicted octanol–water partition coefficient (Wildman–Crippen LogP) is 5.12. The molecule has 368 valence electrons. The Labute approximate surface area is 403 Å². The summed E-state index contributed by atoms with van der Waals surface area (Å²) in [6, 6.07) is -0.303. The molecule has 6 rings (SSSR count). The summed E-state index contributed by atoms with van der Waals surface area (Å²) in [4.78, 5) is 128. The number of hydrogen-bond acceptors (Lipinski definition) is 15. The van der Waals surface area contributed by atoms with Gasteiger partial charge in [-0.25, -0.2) is 19.6 Å². The van der Waals surface area contributed by atoms with Crippen LogP contribution in [0.15, 0.2) is 34.3 Å². The molecule has 2 aromatic rings. The summed E-state index contributed by atoms with van der Waals surface area (Å²) in [6.07, 6.45) is 5.49. The average Bonchev–Trinajstić information content (AvgIpc) is 3.91. The van der Waals surface area contributed by atoms with E-state index in [4.69, 9.17) is 9.47 Å². The Morgan fingerprint density at radius 1 is 0.676 bits per heavy atom. The molecule has 21 heteroatoms.